The Morgan fingerprint density at radius 2 is 1.68 bits per heavy atom. The van der Waals surface area contributed by atoms with Crippen LogP contribution < -0.4 is 10.5 Å². The molecule has 10 nitrogen and oxygen atoms in total. The number of hydrogen-bond donors (Lipinski definition) is 1. The number of nitrogens with one attached hydrogen (secondary N) is 1. The van der Waals surface area contributed by atoms with Gasteiger partial charge in [0.05, 0.1) is 23.7 Å². The predicted octanol–water partition coefficient (Wildman–Crippen LogP) is 1.43. The lowest BCUT2D eigenvalue weighted by Crippen LogP contribution is -2.52. The van der Waals surface area contributed by atoms with Crippen LogP contribution in [0.25, 0.3) is 0 Å². The van der Waals surface area contributed by atoms with Gasteiger partial charge < -0.3 is 14.7 Å². The van der Waals surface area contributed by atoms with Crippen LogP contribution in [-0.4, -0.2) is 81.6 Å². The number of halogens is 6. The number of H-pyrrole nitrogens is 1. The normalized spacial score (nSPS) is 18.1. The third-order valence-corrected chi connectivity index (χ3v) is 6.34. The molecule has 1 fully saturated rings. The molecule has 1 saturated heterocycles. The Labute approximate surface area is 205 Å². The minimum atomic E-state index is -4.89. The molecule has 2 aromatic rings. The van der Waals surface area contributed by atoms with Gasteiger partial charge in [0.1, 0.15) is 5.56 Å². The number of piperazine rings is 1. The van der Waals surface area contributed by atoms with Crippen molar-refractivity contribution in [1.29, 1.82) is 0 Å². The van der Waals surface area contributed by atoms with Gasteiger partial charge in [0.2, 0.25) is 17.8 Å². The van der Waals surface area contributed by atoms with Crippen molar-refractivity contribution in [3.63, 3.8) is 0 Å². The molecule has 0 radical (unpaired) electrons. The maximum absolute atomic E-state index is 13.3. The number of likely N-dealkylation sites (N-methyl/N-ethyl adjacent to an activating group) is 1. The predicted molar refractivity (Wildman–Crippen MR) is 114 cm³/mol. The van der Waals surface area contributed by atoms with E-state index >= 15 is 0 Å². The van der Waals surface area contributed by atoms with Crippen molar-refractivity contribution < 1.29 is 35.9 Å². The zero-order valence-electron chi connectivity index (χ0n) is 19.4. The summed E-state index contributed by atoms with van der Waals surface area (Å²) in [5.41, 5.74) is -4.17. The van der Waals surface area contributed by atoms with Gasteiger partial charge in [0.25, 0.3) is 5.56 Å². The van der Waals surface area contributed by atoms with Gasteiger partial charge in [-0.25, -0.2) is 15.1 Å². The van der Waals surface area contributed by atoms with E-state index in [0.29, 0.717) is 12.4 Å². The second-order valence-electron chi connectivity index (χ2n) is 8.71. The third-order valence-electron chi connectivity index (χ3n) is 6.34. The summed E-state index contributed by atoms with van der Waals surface area (Å²) in [5, 5.41) is 5.49. The van der Waals surface area contributed by atoms with Crippen LogP contribution in [0.15, 0.2) is 17.2 Å². The number of nitrogens with zero attached hydrogens (tertiary/aromatic N) is 6. The molecule has 200 valence electrons. The van der Waals surface area contributed by atoms with Gasteiger partial charge in [-0.15, -0.1) is 0 Å². The van der Waals surface area contributed by atoms with E-state index < -0.39 is 46.8 Å². The standard InChI is InChI=1S/C21H21F6N7O3/c1-32(18(37)13-3-2-12-15(21(25,26)27)17(36)31-30-16(12)13)10-14(35)33-4-6-34(7-5-33)19-28-8-11(9-29-19)20(22,23)24/h8-9,13H,2-7,10H2,1H3,(H,31,36). The van der Waals surface area contributed by atoms with Crippen molar-refractivity contribution in [1.82, 2.24) is 30.0 Å². The molecule has 0 spiro atoms. The van der Waals surface area contributed by atoms with Gasteiger partial charge in [-0.2, -0.15) is 31.4 Å². The zero-order chi connectivity index (χ0) is 27.1. The molecule has 3 heterocycles. The summed E-state index contributed by atoms with van der Waals surface area (Å²) in [7, 11) is 1.35. The third kappa shape index (κ3) is 5.36. The van der Waals surface area contributed by atoms with Crippen molar-refractivity contribution in [2.45, 2.75) is 31.1 Å². The highest BCUT2D eigenvalue weighted by Crippen LogP contribution is 2.39. The van der Waals surface area contributed by atoms with Crippen LogP contribution in [0.4, 0.5) is 32.3 Å². The summed E-state index contributed by atoms with van der Waals surface area (Å²) in [6, 6.07) is 0. The minimum absolute atomic E-state index is 0.0197. The SMILES string of the molecule is CN(CC(=O)N1CCN(c2ncc(C(F)(F)F)cn2)CC1)C(=O)C1CCc2c1n[nH]c(=O)c2C(F)(F)F. The topological polar surface area (TPSA) is 115 Å². The van der Waals surface area contributed by atoms with Crippen LogP contribution in [0.1, 0.15) is 34.7 Å². The van der Waals surface area contributed by atoms with E-state index in [4.69, 9.17) is 0 Å². The first-order chi connectivity index (χ1) is 17.3. The van der Waals surface area contributed by atoms with E-state index in [-0.39, 0.29) is 62.8 Å². The van der Waals surface area contributed by atoms with Crippen LogP contribution >= 0.6 is 0 Å². The quantitative estimate of drug-likeness (QED) is 0.592. The van der Waals surface area contributed by atoms with Crippen molar-refractivity contribution >= 4 is 17.8 Å². The lowest BCUT2D eigenvalue weighted by molar-refractivity contribution is -0.140. The number of rotatable bonds is 4. The van der Waals surface area contributed by atoms with Crippen LogP contribution in [0.3, 0.4) is 0 Å². The van der Waals surface area contributed by atoms with E-state index in [1.54, 1.807) is 4.90 Å². The van der Waals surface area contributed by atoms with Crippen molar-refractivity contribution in [3.05, 3.63) is 45.1 Å². The van der Waals surface area contributed by atoms with Gasteiger partial charge in [0.15, 0.2) is 0 Å². The highest BCUT2D eigenvalue weighted by atomic mass is 19.4. The molecule has 2 aliphatic rings. The second kappa shape index (κ2) is 9.63. The average Bonchev–Trinajstić information content (AvgIpc) is 3.25. The lowest BCUT2D eigenvalue weighted by Gasteiger charge is -2.35. The van der Waals surface area contributed by atoms with Crippen LogP contribution in [0.2, 0.25) is 0 Å². The number of fused-ring (bicyclic) bond motifs is 1. The van der Waals surface area contributed by atoms with E-state index in [1.807, 2.05) is 5.10 Å². The smallest absolute Gasteiger partial charge is 0.338 e. The van der Waals surface area contributed by atoms with Gasteiger partial charge in [-0.05, 0) is 18.4 Å². The summed E-state index contributed by atoms with van der Waals surface area (Å²) in [4.78, 5) is 49.0. The Hall–Kier alpha value is -3.72. The summed E-state index contributed by atoms with van der Waals surface area (Å²) in [6.07, 6.45) is -8.21. The molecule has 2 amide bonds. The average molecular weight is 533 g/mol. The summed E-state index contributed by atoms with van der Waals surface area (Å²) < 4.78 is 78.0. The summed E-state index contributed by atoms with van der Waals surface area (Å²) in [5.74, 6) is -1.94. The molecular weight excluding hydrogens is 512 g/mol. The van der Waals surface area contributed by atoms with Crippen molar-refractivity contribution in [2.75, 3.05) is 44.7 Å². The first-order valence-corrected chi connectivity index (χ1v) is 11.1. The Morgan fingerprint density at radius 1 is 1.05 bits per heavy atom. The van der Waals surface area contributed by atoms with Crippen LogP contribution in [-0.2, 0) is 28.4 Å². The number of anilines is 1. The van der Waals surface area contributed by atoms with Gasteiger partial charge in [0, 0.05) is 45.6 Å². The number of hydrogen-bond acceptors (Lipinski definition) is 7. The fourth-order valence-corrected chi connectivity index (χ4v) is 4.44. The van der Waals surface area contributed by atoms with Crippen molar-refractivity contribution in [2.24, 2.45) is 0 Å². The molecule has 1 atom stereocenters. The summed E-state index contributed by atoms with van der Waals surface area (Å²) >= 11 is 0. The first kappa shape index (κ1) is 26.3. The molecule has 2 aromatic heterocycles. The van der Waals surface area contributed by atoms with E-state index in [1.165, 1.54) is 11.9 Å². The highest BCUT2D eigenvalue weighted by Gasteiger charge is 2.43. The molecule has 37 heavy (non-hydrogen) atoms. The van der Waals surface area contributed by atoms with Crippen LogP contribution in [0.5, 0.6) is 0 Å². The fourth-order valence-electron chi connectivity index (χ4n) is 4.44. The van der Waals surface area contributed by atoms with Crippen LogP contribution in [0, 0.1) is 0 Å². The van der Waals surface area contributed by atoms with Gasteiger partial charge in [-0.3, -0.25) is 14.4 Å². The molecule has 0 bridgehead atoms. The second-order valence-corrected chi connectivity index (χ2v) is 8.71. The fraction of sp³-hybridized carbons (Fsp3) is 0.524. The number of alkyl halides is 6. The first-order valence-electron chi connectivity index (χ1n) is 11.1. The maximum Gasteiger partial charge on any atom is 0.422 e. The number of carbonyl (C=O) groups excluding carboxylic acids is 2. The Balaban J connectivity index is 1.35. The van der Waals surface area contributed by atoms with E-state index in [0.717, 1.165) is 4.90 Å². The Kier molecular flexibility index (Phi) is 6.85. The molecular formula is C21H21F6N7O3. The number of amides is 2. The Morgan fingerprint density at radius 3 is 2.24 bits per heavy atom. The molecule has 1 N–H and O–H groups in total. The number of carbonyl (C=O) groups is 2. The number of aromatic nitrogens is 4. The van der Waals surface area contributed by atoms with Crippen molar-refractivity contribution in [3.8, 4) is 0 Å². The van der Waals surface area contributed by atoms with Gasteiger partial charge in [-0.1, -0.05) is 0 Å². The molecule has 1 aliphatic carbocycles. The highest BCUT2D eigenvalue weighted by molar-refractivity contribution is 5.89. The van der Waals surface area contributed by atoms with Gasteiger partial charge >= 0.3 is 12.4 Å². The van der Waals surface area contributed by atoms with E-state index in [9.17, 15) is 40.7 Å². The molecule has 1 aliphatic heterocycles. The largest absolute Gasteiger partial charge is 0.422 e. The minimum Gasteiger partial charge on any atom is -0.338 e. The lowest BCUT2D eigenvalue weighted by atomic mass is 10.0. The maximum atomic E-state index is 13.3. The molecule has 1 unspecified atom stereocenters. The Bertz CT molecular complexity index is 1240. The molecule has 0 saturated carbocycles. The molecule has 0 aromatic carbocycles. The zero-order valence-corrected chi connectivity index (χ0v) is 19.4. The molecule has 16 heteroatoms. The summed E-state index contributed by atoms with van der Waals surface area (Å²) in [6.45, 7) is 0.575. The number of aromatic amines is 1. The molecule has 4 rings (SSSR count). The van der Waals surface area contributed by atoms with E-state index in [2.05, 4.69) is 15.1 Å². The monoisotopic (exact) mass is 533 g/mol.